The third-order valence-corrected chi connectivity index (χ3v) is 6.75. The molecule has 1 aliphatic rings. The summed E-state index contributed by atoms with van der Waals surface area (Å²) in [6, 6.07) is 9.68. The van der Waals surface area contributed by atoms with Gasteiger partial charge in [0.2, 0.25) is 10.0 Å². The van der Waals surface area contributed by atoms with Crippen LogP contribution in [0, 0.1) is 0 Å². The van der Waals surface area contributed by atoms with E-state index < -0.39 is 10.0 Å². The third kappa shape index (κ3) is 3.51. The van der Waals surface area contributed by atoms with Crippen LogP contribution in [0.1, 0.15) is 52.7 Å². The van der Waals surface area contributed by atoms with E-state index in [1.54, 1.807) is 15.2 Å². The lowest BCUT2D eigenvalue weighted by molar-refractivity contribution is 0.268. The number of aromatic nitrogens is 2. The Bertz CT molecular complexity index is 835. The van der Waals surface area contributed by atoms with Crippen molar-refractivity contribution in [2.24, 2.45) is 0 Å². The Kier molecular flexibility index (Phi) is 4.77. The molecule has 136 valence electrons. The summed E-state index contributed by atoms with van der Waals surface area (Å²) in [5.74, 6) is 0. The number of sulfonamides is 1. The van der Waals surface area contributed by atoms with Crippen molar-refractivity contribution in [3.8, 4) is 5.69 Å². The summed E-state index contributed by atoms with van der Waals surface area (Å²) in [6.07, 6.45) is 4.59. The molecule has 6 heteroatoms. The normalized spacial score (nSPS) is 19.9. The zero-order valence-corrected chi connectivity index (χ0v) is 16.3. The van der Waals surface area contributed by atoms with E-state index in [0.717, 1.165) is 24.9 Å². The highest BCUT2D eigenvalue weighted by atomic mass is 32.2. The first-order valence-electron chi connectivity index (χ1n) is 8.88. The Hall–Kier alpha value is -1.66. The van der Waals surface area contributed by atoms with Gasteiger partial charge in [-0.25, -0.2) is 13.1 Å². The van der Waals surface area contributed by atoms with Crippen LogP contribution in [0.3, 0.4) is 0 Å². The van der Waals surface area contributed by atoms with Crippen molar-refractivity contribution in [3.05, 3.63) is 42.2 Å². The third-order valence-electron chi connectivity index (χ3n) is 4.74. The predicted molar refractivity (Wildman–Crippen MR) is 99.5 cm³/mol. The maximum atomic E-state index is 13.4. The highest BCUT2D eigenvalue weighted by Crippen LogP contribution is 2.33. The monoisotopic (exact) mass is 361 g/mol. The zero-order valence-electron chi connectivity index (χ0n) is 15.4. The molecule has 0 aliphatic carbocycles. The molecule has 0 spiro atoms. The minimum absolute atomic E-state index is 0.0339. The van der Waals surface area contributed by atoms with E-state index in [-0.39, 0.29) is 11.5 Å². The first kappa shape index (κ1) is 18.1. The summed E-state index contributed by atoms with van der Waals surface area (Å²) >= 11 is 0. The lowest BCUT2D eigenvalue weighted by Crippen LogP contribution is -2.42. The quantitative estimate of drug-likeness (QED) is 0.837. The van der Waals surface area contributed by atoms with Gasteiger partial charge in [0.25, 0.3) is 0 Å². The van der Waals surface area contributed by atoms with Crippen LogP contribution in [0.4, 0.5) is 0 Å². The highest BCUT2D eigenvalue weighted by Gasteiger charge is 2.37. The van der Waals surface area contributed by atoms with Gasteiger partial charge in [0, 0.05) is 18.0 Å². The first-order chi connectivity index (χ1) is 11.7. The fraction of sp³-hybridized carbons (Fsp3) is 0.526. The Morgan fingerprint density at radius 1 is 1.12 bits per heavy atom. The predicted octanol–water partition coefficient (Wildman–Crippen LogP) is 3.73. The molecule has 1 unspecified atom stereocenters. The van der Waals surface area contributed by atoms with E-state index >= 15 is 0 Å². The fourth-order valence-electron chi connectivity index (χ4n) is 3.33. The molecule has 0 saturated carbocycles. The summed E-state index contributed by atoms with van der Waals surface area (Å²) in [5.41, 5.74) is 1.12. The minimum Gasteiger partial charge on any atom is -0.239 e. The number of piperidine rings is 1. The summed E-state index contributed by atoms with van der Waals surface area (Å²) in [4.78, 5) is 0.331. The van der Waals surface area contributed by atoms with Crippen molar-refractivity contribution in [1.29, 1.82) is 0 Å². The molecule has 2 heterocycles. The lowest BCUT2D eigenvalue weighted by atomic mass is 9.92. The number of benzene rings is 1. The fourth-order valence-corrected chi connectivity index (χ4v) is 5.36. The molecule has 0 bridgehead atoms. The van der Waals surface area contributed by atoms with Gasteiger partial charge in [-0.1, -0.05) is 45.4 Å². The van der Waals surface area contributed by atoms with Crippen LogP contribution in [-0.4, -0.2) is 35.1 Å². The number of rotatable bonds is 3. The smallest absolute Gasteiger partial charge is 0.239 e. The molecule has 1 fully saturated rings. The van der Waals surface area contributed by atoms with Gasteiger partial charge < -0.3 is 0 Å². The standard InChI is InChI=1S/C19H27N3O2S/c1-15-10-8-9-13-22(15)25(23,24)17-14-21(16-11-6-5-7-12-16)20-18(17)19(2,3)4/h5-7,11-12,14-15H,8-10,13H2,1-4H3. The van der Waals surface area contributed by atoms with Gasteiger partial charge in [-0.05, 0) is 31.9 Å². The molecule has 1 atom stereocenters. The molecular formula is C19H27N3O2S. The maximum absolute atomic E-state index is 13.4. The molecule has 1 saturated heterocycles. The van der Waals surface area contributed by atoms with Gasteiger partial charge in [0.1, 0.15) is 4.90 Å². The maximum Gasteiger partial charge on any atom is 0.246 e. The molecule has 0 amide bonds. The SMILES string of the molecule is CC1CCCCN1S(=O)(=O)c1cn(-c2ccccc2)nc1C(C)(C)C. The Labute approximate surface area is 150 Å². The van der Waals surface area contributed by atoms with Crippen molar-refractivity contribution in [3.63, 3.8) is 0 Å². The van der Waals surface area contributed by atoms with Gasteiger partial charge in [-0.15, -0.1) is 0 Å². The van der Waals surface area contributed by atoms with E-state index in [0.29, 0.717) is 17.1 Å². The molecule has 1 aromatic heterocycles. The van der Waals surface area contributed by atoms with Crippen molar-refractivity contribution >= 4 is 10.0 Å². The van der Waals surface area contributed by atoms with Gasteiger partial charge in [-0.3, -0.25) is 0 Å². The molecule has 0 radical (unpaired) electrons. The van der Waals surface area contributed by atoms with Crippen LogP contribution in [-0.2, 0) is 15.4 Å². The average molecular weight is 362 g/mol. The number of para-hydroxylation sites is 1. The van der Waals surface area contributed by atoms with E-state index in [9.17, 15) is 8.42 Å². The van der Waals surface area contributed by atoms with Crippen molar-refractivity contribution in [2.45, 2.75) is 63.3 Å². The lowest BCUT2D eigenvalue weighted by Gasteiger charge is -2.32. The minimum atomic E-state index is -3.56. The van der Waals surface area contributed by atoms with E-state index in [2.05, 4.69) is 5.10 Å². The second-order valence-corrected chi connectivity index (χ2v) is 9.69. The second-order valence-electron chi connectivity index (χ2n) is 7.83. The molecule has 1 aliphatic heterocycles. The molecule has 5 nitrogen and oxygen atoms in total. The largest absolute Gasteiger partial charge is 0.246 e. The van der Waals surface area contributed by atoms with Crippen molar-refractivity contribution < 1.29 is 8.42 Å². The summed E-state index contributed by atoms with van der Waals surface area (Å²) in [7, 11) is -3.56. The van der Waals surface area contributed by atoms with E-state index in [1.807, 2.05) is 58.0 Å². The number of hydrogen-bond acceptors (Lipinski definition) is 3. The van der Waals surface area contributed by atoms with Crippen LogP contribution < -0.4 is 0 Å². The van der Waals surface area contributed by atoms with Crippen LogP contribution in [0.2, 0.25) is 0 Å². The zero-order chi connectivity index (χ0) is 18.2. The molecule has 2 aromatic rings. The molecule has 0 N–H and O–H groups in total. The van der Waals surface area contributed by atoms with Crippen LogP contribution >= 0.6 is 0 Å². The first-order valence-corrected chi connectivity index (χ1v) is 10.3. The number of nitrogens with zero attached hydrogens (tertiary/aromatic N) is 3. The molecule has 3 rings (SSSR count). The van der Waals surface area contributed by atoms with Crippen molar-refractivity contribution in [1.82, 2.24) is 14.1 Å². The Balaban J connectivity index is 2.12. The van der Waals surface area contributed by atoms with Crippen LogP contribution in [0.15, 0.2) is 41.4 Å². The molecule has 1 aromatic carbocycles. The second kappa shape index (κ2) is 6.57. The Morgan fingerprint density at radius 3 is 2.40 bits per heavy atom. The van der Waals surface area contributed by atoms with Gasteiger partial charge >= 0.3 is 0 Å². The summed E-state index contributed by atoms with van der Waals surface area (Å²) in [5, 5.41) is 4.65. The highest BCUT2D eigenvalue weighted by molar-refractivity contribution is 7.89. The van der Waals surface area contributed by atoms with Gasteiger partial charge in [-0.2, -0.15) is 9.40 Å². The van der Waals surface area contributed by atoms with E-state index in [4.69, 9.17) is 0 Å². The summed E-state index contributed by atoms with van der Waals surface area (Å²) in [6.45, 7) is 8.59. The topological polar surface area (TPSA) is 55.2 Å². The van der Waals surface area contributed by atoms with Crippen LogP contribution in [0.25, 0.3) is 5.69 Å². The Morgan fingerprint density at radius 2 is 1.80 bits per heavy atom. The van der Waals surface area contributed by atoms with Gasteiger partial charge in [0.05, 0.1) is 17.6 Å². The average Bonchev–Trinajstić information content (AvgIpc) is 3.02. The molecular weight excluding hydrogens is 334 g/mol. The van der Waals surface area contributed by atoms with E-state index in [1.165, 1.54) is 0 Å². The summed E-state index contributed by atoms with van der Waals surface area (Å²) < 4.78 is 30.1. The van der Waals surface area contributed by atoms with Crippen molar-refractivity contribution in [2.75, 3.05) is 6.54 Å². The van der Waals surface area contributed by atoms with Gasteiger partial charge in [0.15, 0.2) is 0 Å². The molecule has 25 heavy (non-hydrogen) atoms. The van der Waals surface area contributed by atoms with Crippen LogP contribution in [0.5, 0.6) is 0 Å². The number of hydrogen-bond donors (Lipinski definition) is 0.